The summed E-state index contributed by atoms with van der Waals surface area (Å²) in [4.78, 5) is 15.5. The highest BCUT2D eigenvalue weighted by Gasteiger charge is 2.27. The minimum absolute atomic E-state index is 0.247. The third-order valence-electron chi connectivity index (χ3n) is 5.54. The van der Waals surface area contributed by atoms with E-state index >= 15 is 0 Å². The van der Waals surface area contributed by atoms with Crippen LogP contribution in [0.4, 0.5) is 0 Å². The van der Waals surface area contributed by atoms with Crippen LogP contribution in [0.5, 0.6) is 0 Å². The fourth-order valence-electron chi connectivity index (χ4n) is 3.95. The SMILES string of the molecule is Cc1ccc(C)c(-c2[nH]c3ccc(S(=O)(=O)N4CCCCC4)cc3c2C=O)c1. The molecule has 1 N–H and O–H groups in total. The smallest absolute Gasteiger partial charge is 0.243 e. The molecule has 5 nitrogen and oxygen atoms in total. The van der Waals surface area contributed by atoms with Crippen LogP contribution in [0.25, 0.3) is 22.2 Å². The van der Waals surface area contributed by atoms with Crippen LogP contribution < -0.4 is 0 Å². The normalized spacial score (nSPS) is 15.8. The quantitative estimate of drug-likeness (QED) is 0.663. The molecule has 1 aliphatic rings. The van der Waals surface area contributed by atoms with Crippen molar-refractivity contribution in [2.75, 3.05) is 13.1 Å². The number of aromatic amines is 1. The molecule has 3 aromatic rings. The lowest BCUT2D eigenvalue weighted by Gasteiger charge is -2.25. The van der Waals surface area contributed by atoms with E-state index in [4.69, 9.17) is 0 Å². The molecular formula is C22H24N2O3S. The maximum Gasteiger partial charge on any atom is 0.243 e. The van der Waals surface area contributed by atoms with E-state index < -0.39 is 10.0 Å². The number of rotatable bonds is 4. The number of nitrogens with zero attached hydrogens (tertiary/aromatic N) is 1. The number of carbonyl (C=O) groups is 1. The summed E-state index contributed by atoms with van der Waals surface area (Å²) in [7, 11) is -3.55. The van der Waals surface area contributed by atoms with Gasteiger partial charge in [0.1, 0.15) is 0 Å². The number of hydrogen-bond donors (Lipinski definition) is 1. The van der Waals surface area contributed by atoms with Crippen LogP contribution in [0.1, 0.15) is 40.7 Å². The molecule has 1 fully saturated rings. The van der Waals surface area contributed by atoms with E-state index in [-0.39, 0.29) is 4.90 Å². The van der Waals surface area contributed by atoms with Gasteiger partial charge in [-0.1, -0.05) is 24.1 Å². The van der Waals surface area contributed by atoms with Gasteiger partial charge >= 0.3 is 0 Å². The van der Waals surface area contributed by atoms with Crippen molar-refractivity contribution < 1.29 is 13.2 Å². The largest absolute Gasteiger partial charge is 0.354 e. The molecule has 0 amide bonds. The fourth-order valence-corrected chi connectivity index (χ4v) is 5.49. The highest BCUT2D eigenvalue weighted by molar-refractivity contribution is 7.89. The van der Waals surface area contributed by atoms with Crippen LogP contribution in [0.15, 0.2) is 41.3 Å². The van der Waals surface area contributed by atoms with Crippen molar-refractivity contribution >= 4 is 27.2 Å². The zero-order valence-corrected chi connectivity index (χ0v) is 17.0. The minimum atomic E-state index is -3.55. The van der Waals surface area contributed by atoms with Gasteiger partial charge in [-0.2, -0.15) is 4.31 Å². The van der Waals surface area contributed by atoms with E-state index in [2.05, 4.69) is 4.98 Å². The number of H-pyrrole nitrogens is 1. The average molecular weight is 397 g/mol. The van der Waals surface area contributed by atoms with E-state index in [1.807, 2.05) is 32.0 Å². The van der Waals surface area contributed by atoms with Crippen LogP contribution in [-0.4, -0.2) is 37.1 Å². The number of carbonyl (C=O) groups excluding carboxylic acids is 1. The molecule has 0 unspecified atom stereocenters. The maximum atomic E-state index is 13.0. The van der Waals surface area contributed by atoms with Gasteiger partial charge in [0.25, 0.3) is 0 Å². The molecular weight excluding hydrogens is 372 g/mol. The Bertz CT molecular complexity index is 1160. The van der Waals surface area contributed by atoms with E-state index in [0.29, 0.717) is 24.0 Å². The molecule has 0 saturated carbocycles. The Balaban J connectivity index is 1.86. The van der Waals surface area contributed by atoms with Gasteiger partial charge in [0, 0.05) is 35.1 Å². The number of sulfonamides is 1. The molecule has 6 heteroatoms. The van der Waals surface area contributed by atoms with Gasteiger partial charge in [-0.3, -0.25) is 4.79 Å². The Morgan fingerprint density at radius 2 is 1.75 bits per heavy atom. The Morgan fingerprint density at radius 3 is 2.46 bits per heavy atom. The molecule has 0 aliphatic carbocycles. The standard InChI is InChI=1S/C22H24N2O3S/c1-15-6-7-16(2)18(12-15)22-20(14-25)19-13-17(8-9-21(19)23-22)28(26,27)24-10-4-3-5-11-24/h6-9,12-14,23H,3-5,10-11H2,1-2H3. The molecule has 0 spiro atoms. The molecule has 146 valence electrons. The summed E-state index contributed by atoms with van der Waals surface area (Å²) in [5.41, 5.74) is 5.11. The van der Waals surface area contributed by atoms with Crippen molar-refractivity contribution in [3.63, 3.8) is 0 Å². The lowest BCUT2D eigenvalue weighted by Crippen LogP contribution is -2.35. The van der Waals surface area contributed by atoms with Crippen molar-refractivity contribution in [1.29, 1.82) is 0 Å². The number of aldehydes is 1. The molecule has 2 heterocycles. The van der Waals surface area contributed by atoms with Gasteiger partial charge in [0.15, 0.2) is 6.29 Å². The lowest BCUT2D eigenvalue weighted by molar-refractivity contribution is 0.112. The van der Waals surface area contributed by atoms with Gasteiger partial charge in [-0.15, -0.1) is 0 Å². The number of hydrogen-bond acceptors (Lipinski definition) is 3. The summed E-state index contributed by atoms with van der Waals surface area (Å²) in [5.74, 6) is 0. The first kappa shape index (κ1) is 18.9. The second-order valence-electron chi connectivity index (χ2n) is 7.52. The van der Waals surface area contributed by atoms with Gasteiger partial charge in [0.05, 0.1) is 10.6 Å². The number of nitrogens with one attached hydrogen (secondary N) is 1. The summed E-state index contributed by atoms with van der Waals surface area (Å²) in [5, 5.41) is 0.643. The Hall–Kier alpha value is -2.44. The van der Waals surface area contributed by atoms with Crippen LogP contribution in [0.3, 0.4) is 0 Å². The van der Waals surface area contributed by atoms with Crippen molar-refractivity contribution in [2.24, 2.45) is 0 Å². The molecule has 0 radical (unpaired) electrons. The highest BCUT2D eigenvalue weighted by Crippen LogP contribution is 2.33. The number of fused-ring (bicyclic) bond motifs is 1. The third-order valence-corrected chi connectivity index (χ3v) is 7.44. The highest BCUT2D eigenvalue weighted by atomic mass is 32.2. The molecule has 4 rings (SSSR count). The Morgan fingerprint density at radius 1 is 1.00 bits per heavy atom. The topological polar surface area (TPSA) is 70.2 Å². The molecule has 1 aliphatic heterocycles. The monoisotopic (exact) mass is 396 g/mol. The Kier molecular flexibility index (Phi) is 4.85. The van der Waals surface area contributed by atoms with Crippen LogP contribution >= 0.6 is 0 Å². The number of benzene rings is 2. The minimum Gasteiger partial charge on any atom is -0.354 e. The summed E-state index contributed by atoms with van der Waals surface area (Å²) < 4.78 is 27.6. The van der Waals surface area contributed by atoms with Crippen molar-refractivity contribution in [1.82, 2.24) is 9.29 Å². The van der Waals surface area contributed by atoms with Crippen molar-refractivity contribution in [3.8, 4) is 11.3 Å². The molecule has 2 aromatic carbocycles. The summed E-state index contributed by atoms with van der Waals surface area (Å²) >= 11 is 0. The van der Waals surface area contributed by atoms with Crippen LogP contribution in [0.2, 0.25) is 0 Å². The van der Waals surface area contributed by atoms with Crippen molar-refractivity contribution in [2.45, 2.75) is 38.0 Å². The van der Waals surface area contributed by atoms with Gasteiger partial charge in [-0.25, -0.2) is 8.42 Å². The fraction of sp³-hybridized carbons (Fsp3) is 0.318. The number of aryl methyl sites for hydroxylation is 2. The second-order valence-corrected chi connectivity index (χ2v) is 9.46. The summed E-state index contributed by atoms with van der Waals surface area (Å²) in [6, 6.07) is 11.1. The maximum absolute atomic E-state index is 13.0. The lowest BCUT2D eigenvalue weighted by atomic mass is 10.00. The van der Waals surface area contributed by atoms with Crippen LogP contribution in [0, 0.1) is 13.8 Å². The zero-order chi connectivity index (χ0) is 19.9. The second kappa shape index (κ2) is 7.18. The van der Waals surface area contributed by atoms with Gasteiger partial charge in [0.2, 0.25) is 10.0 Å². The van der Waals surface area contributed by atoms with Gasteiger partial charge < -0.3 is 4.98 Å². The predicted octanol–water partition coefficient (Wildman–Crippen LogP) is 4.44. The first-order valence-electron chi connectivity index (χ1n) is 9.60. The summed E-state index contributed by atoms with van der Waals surface area (Å²) in [6.45, 7) is 5.13. The number of piperidine rings is 1. The van der Waals surface area contributed by atoms with Crippen molar-refractivity contribution in [3.05, 3.63) is 53.1 Å². The van der Waals surface area contributed by atoms with E-state index in [0.717, 1.165) is 53.4 Å². The first-order chi connectivity index (χ1) is 13.4. The first-order valence-corrected chi connectivity index (χ1v) is 11.0. The Labute approximate surface area is 165 Å². The van der Waals surface area contributed by atoms with Crippen LogP contribution in [-0.2, 0) is 10.0 Å². The van der Waals surface area contributed by atoms with E-state index in [1.165, 1.54) is 0 Å². The third kappa shape index (κ3) is 3.16. The summed E-state index contributed by atoms with van der Waals surface area (Å²) in [6.07, 6.45) is 3.66. The molecule has 1 aromatic heterocycles. The average Bonchev–Trinajstić information content (AvgIpc) is 3.08. The molecule has 28 heavy (non-hydrogen) atoms. The molecule has 1 saturated heterocycles. The molecule has 0 bridgehead atoms. The number of aromatic nitrogens is 1. The van der Waals surface area contributed by atoms with E-state index in [9.17, 15) is 13.2 Å². The van der Waals surface area contributed by atoms with Gasteiger partial charge in [-0.05, 0) is 56.5 Å². The van der Waals surface area contributed by atoms with E-state index in [1.54, 1.807) is 22.5 Å². The molecule has 0 atom stereocenters. The predicted molar refractivity (Wildman–Crippen MR) is 111 cm³/mol. The zero-order valence-electron chi connectivity index (χ0n) is 16.2.